The van der Waals surface area contributed by atoms with E-state index in [2.05, 4.69) is 12.2 Å². The Labute approximate surface area is 96.6 Å². The Morgan fingerprint density at radius 2 is 2.20 bits per heavy atom. The van der Waals surface area contributed by atoms with Gasteiger partial charge in [-0.2, -0.15) is 0 Å². The predicted molar refractivity (Wildman–Crippen MR) is 64.6 cm³/mol. The fraction of sp³-hybridized carbons (Fsp3) is 0.500. The van der Waals surface area contributed by atoms with Crippen LogP contribution in [-0.2, 0) is 6.54 Å². The van der Waals surface area contributed by atoms with Gasteiger partial charge in [-0.1, -0.05) is 30.7 Å². The molecule has 1 atom stereocenters. The summed E-state index contributed by atoms with van der Waals surface area (Å²) >= 11 is 6.11. The summed E-state index contributed by atoms with van der Waals surface area (Å²) < 4.78 is 5.81. The van der Waals surface area contributed by atoms with Gasteiger partial charge in [0, 0.05) is 12.1 Å². The second-order valence-corrected chi connectivity index (χ2v) is 4.00. The van der Waals surface area contributed by atoms with Gasteiger partial charge in [0.25, 0.3) is 0 Å². The standard InChI is InChI=1S/C12H18ClNO/c1-4-9(2)15-12-10(8-14-3)6-5-7-11(12)13/h5-7,9,14H,4,8H2,1-3H3. The van der Waals surface area contributed by atoms with Crippen molar-refractivity contribution in [3.05, 3.63) is 28.8 Å². The van der Waals surface area contributed by atoms with Crippen molar-refractivity contribution in [1.82, 2.24) is 5.32 Å². The van der Waals surface area contributed by atoms with E-state index in [1.807, 2.05) is 32.2 Å². The van der Waals surface area contributed by atoms with Gasteiger partial charge < -0.3 is 10.1 Å². The third-order valence-electron chi connectivity index (χ3n) is 2.31. The van der Waals surface area contributed by atoms with E-state index < -0.39 is 0 Å². The molecule has 0 saturated heterocycles. The molecule has 0 saturated carbocycles. The van der Waals surface area contributed by atoms with Crippen LogP contribution in [0.4, 0.5) is 0 Å². The summed E-state index contributed by atoms with van der Waals surface area (Å²) in [4.78, 5) is 0. The van der Waals surface area contributed by atoms with Gasteiger partial charge in [0.05, 0.1) is 11.1 Å². The quantitative estimate of drug-likeness (QED) is 0.834. The van der Waals surface area contributed by atoms with Crippen LogP contribution < -0.4 is 10.1 Å². The minimum absolute atomic E-state index is 0.195. The predicted octanol–water partition coefficient (Wildman–Crippen LogP) is 3.24. The summed E-state index contributed by atoms with van der Waals surface area (Å²) in [5.74, 6) is 0.808. The molecule has 0 spiro atoms. The van der Waals surface area contributed by atoms with E-state index in [-0.39, 0.29) is 6.10 Å². The molecule has 84 valence electrons. The molecule has 1 aromatic carbocycles. The van der Waals surface area contributed by atoms with E-state index in [0.717, 1.165) is 24.3 Å². The number of para-hydroxylation sites is 1. The SMILES string of the molecule is CCC(C)Oc1c(Cl)cccc1CNC. The topological polar surface area (TPSA) is 21.3 Å². The lowest BCUT2D eigenvalue weighted by atomic mass is 10.2. The largest absolute Gasteiger partial charge is 0.489 e. The number of hydrogen-bond donors (Lipinski definition) is 1. The van der Waals surface area contributed by atoms with E-state index in [1.54, 1.807) is 0 Å². The van der Waals surface area contributed by atoms with Crippen LogP contribution in [0.1, 0.15) is 25.8 Å². The second-order valence-electron chi connectivity index (χ2n) is 3.60. The zero-order valence-electron chi connectivity index (χ0n) is 9.51. The van der Waals surface area contributed by atoms with Gasteiger partial charge in [0.15, 0.2) is 0 Å². The minimum Gasteiger partial charge on any atom is -0.489 e. The van der Waals surface area contributed by atoms with Gasteiger partial charge >= 0.3 is 0 Å². The van der Waals surface area contributed by atoms with Crippen molar-refractivity contribution in [3.63, 3.8) is 0 Å². The van der Waals surface area contributed by atoms with Crippen molar-refractivity contribution in [3.8, 4) is 5.75 Å². The Balaban J connectivity index is 2.91. The van der Waals surface area contributed by atoms with Crippen LogP contribution in [0.15, 0.2) is 18.2 Å². The van der Waals surface area contributed by atoms with Crippen molar-refractivity contribution < 1.29 is 4.74 Å². The monoisotopic (exact) mass is 227 g/mol. The van der Waals surface area contributed by atoms with E-state index in [4.69, 9.17) is 16.3 Å². The van der Waals surface area contributed by atoms with Crippen LogP contribution in [0.5, 0.6) is 5.75 Å². The van der Waals surface area contributed by atoms with Crippen LogP contribution in [0.2, 0.25) is 5.02 Å². The highest BCUT2D eigenvalue weighted by atomic mass is 35.5. The number of halogens is 1. The summed E-state index contributed by atoms with van der Waals surface area (Å²) in [7, 11) is 1.91. The molecule has 1 aromatic rings. The first kappa shape index (κ1) is 12.3. The third kappa shape index (κ3) is 3.40. The van der Waals surface area contributed by atoms with E-state index in [1.165, 1.54) is 0 Å². The molecule has 2 nitrogen and oxygen atoms in total. The molecule has 0 fully saturated rings. The molecular weight excluding hydrogens is 210 g/mol. The molecule has 0 bridgehead atoms. The van der Waals surface area contributed by atoms with Gasteiger partial charge in [-0.05, 0) is 26.5 Å². The van der Waals surface area contributed by atoms with Crippen molar-refractivity contribution >= 4 is 11.6 Å². The Morgan fingerprint density at radius 3 is 2.80 bits per heavy atom. The molecule has 0 heterocycles. The summed E-state index contributed by atoms with van der Waals surface area (Å²) in [6, 6.07) is 5.83. The van der Waals surface area contributed by atoms with E-state index in [9.17, 15) is 0 Å². The molecule has 0 aromatic heterocycles. The number of rotatable bonds is 5. The second kappa shape index (κ2) is 5.99. The fourth-order valence-corrected chi connectivity index (χ4v) is 1.54. The zero-order chi connectivity index (χ0) is 11.3. The van der Waals surface area contributed by atoms with Crippen LogP contribution in [0.3, 0.4) is 0 Å². The van der Waals surface area contributed by atoms with Gasteiger partial charge in [-0.15, -0.1) is 0 Å². The van der Waals surface area contributed by atoms with Gasteiger partial charge in [0.2, 0.25) is 0 Å². The van der Waals surface area contributed by atoms with E-state index >= 15 is 0 Å². The zero-order valence-corrected chi connectivity index (χ0v) is 10.3. The lowest BCUT2D eigenvalue weighted by Crippen LogP contribution is -2.13. The summed E-state index contributed by atoms with van der Waals surface area (Å²) in [6.07, 6.45) is 1.17. The molecule has 0 amide bonds. The first-order valence-corrected chi connectivity index (χ1v) is 5.65. The van der Waals surface area contributed by atoms with Gasteiger partial charge in [0.1, 0.15) is 5.75 Å². The Hall–Kier alpha value is -0.730. The first-order valence-electron chi connectivity index (χ1n) is 5.27. The van der Waals surface area contributed by atoms with Gasteiger partial charge in [-0.3, -0.25) is 0 Å². The first-order chi connectivity index (χ1) is 7.19. The highest BCUT2D eigenvalue weighted by Gasteiger charge is 2.10. The average Bonchev–Trinajstić information content (AvgIpc) is 2.23. The van der Waals surface area contributed by atoms with Crippen molar-refractivity contribution in [2.75, 3.05) is 7.05 Å². The fourth-order valence-electron chi connectivity index (χ4n) is 1.30. The normalized spacial score (nSPS) is 12.5. The number of benzene rings is 1. The molecule has 15 heavy (non-hydrogen) atoms. The number of hydrogen-bond acceptors (Lipinski definition) is 2. The van der Waals surface area contributed by atoms with Crippen molar-refractivity contribution in [2.45, 2.75) is 32.9 Å². The number of nitrogens with one attached hydrogen (secondary N) is 1. The Kier molecular flexibility index (Phi) is 4.92. The molecule has 1 N–H and O–H groups in total. The molecule has 0 aliphatic carbocycles. The van der Waals surface area contributed by atoms with E-state index in [0.29, 0.717) is 5.02 Å². The Bertz CT molecular complexity index is 314. The lowest BCUT2D eigenvalue weighted by molar-refractivity contribution is 0.215. The molecule has 1 unspecified atom stereocenters. The highest BCUT2D eigenvalue weighted by Crippen LogP contribution is 2.29. The maximum atomic E-state index is 6.11. The smallest absolute Gasteiger partial charge is 0.142 e. The molecule has 0 aliphatic rings. The maximum Gasteiger partial charge on any atom is 0.142 e. The van der Waals surface area contributed by atoms with Crippen molar-refractivity contribution in [1.29, 1.82) is 0 Å². The molecule has 0 aliphatic heterocycles. The van der Waals surface area contributed by atoms with Crippen molar-refractivity contribution in [2.24, 2.45) is 0 Å². The summed E-state index contributed by atoms with van der Waals surface area (Å²) in [5, 5.41) is 3.79. The van der Waals surface area contributed by atoms with Gasteiger partial charge in [-0.25, -0.2) is 0 Å². The molecule has 1 rings (SSSR count). The van der Waals surface area contributed by atoms with Crippen LogP contribution in [0.25, 0.3) is 0 Å². The molecule has 0 radical (unpaired) electrons. The third-order valence-corrected chi connectivity index (χ3v) is 2.61. The van der Waals surface area contributed by atoms with Crippen LogP contribution in [-0.4, -0.2) is 13.2 Å². The summed E-state index contributed by atoms with van der Waals surface area (Å²) in [6.45, 7) is 4.91. The molecule has 3 heteroatoms. The lowest BCUT2D eigenvalue weighted by Gasteiger charge is -2.17. The van der Waals surface area contributed by atoms with Crippen LogP contribution in [0, 0.1) is 0 Å². The minimum atomic E-state index is 0.195. The molecular formula is C12H18ClNO. The van der Waals surface area contributed by atoms with Crippen LogP contribution >= 0.6 is 11.6 Å². The average molecular weight is 228 g/mol. The number of ether oxygens (including phenoxy) is 1. The summed E-state index contributed by atoms with van der Waals surface area (Å²) in [5.41, 5.74) is 1.10. The Morgan fingerprint density at radius 1 is 1.47 bits per heavy atom. The highest BCUT2D eigenvalue weighted by molar-refractivity contribution is 6.32. The maximum absolute atomic E-state index is 6.11.